The van der Waals surface area contributed by atoms with Gasteiger partial charge in [-0.2, -0.15) is 4.98 Å². The van der Waals surface area contributed by atoms with Crippen LogP contribution in [0.5, 0.6) is 0 Å². The standard InChI is InChI=1S/C20H28N4O/c1-16-21-20(25-22-16)19-9-12-24(15-19)14-18-7-5-17(6-8-18)13-23-10-3-2-4-11-23/h5-8,19H,2-4,9-15H2,1H3/t19-/m0/s1. The second kappa shape index (κ2) is 7.67. The Morgan fingerprint density at radius 3 is 2.28 bits per heavy atom. The average molecular weight is 340 g/mol. The first kappa shape index (κ1) is 16.7. The predicted octanol–water partition coefficient (Wildman–Crippen LogP) is 3.35. The number of rotatable bonds is 5. The highest BCUT2D eigenvalue weighted by atomic mass is 16.5. The third-order valence-corrected chi connectivity index (χ3v) is 5.45. The number of nitrogens with zero attached hydrogens (tertiary/aromatic N) is 4. The molecule has 2 aliphatic rings. The number of piperidine rings is 1. The van der Waals surface area contributed by atoms with Crippen molar-refractivity contribution in [3.8, 4) is 0 Å². The third kappa shape index (κ3) is 4.28. The molecular weight excluding hydrogens is 312 g/mol. The van der Waals surface area contributed by atoms with Crippen LogP contribution < -0.4 is 0 Å². The van der Waals surface area contributed by atoms with E-state index in [0.717, 1.165) is 44.3 Å². The Balaban J connectivity index is 1.29. The molecule has 0 saturated carbocycles. The predicted molar refractivity (Wildman–Crippen MR) is 97.2 cm³/mol. The van der Waals surface area contributed by atoms with Crippen molar-refractivity contribution in [3.63, 3.8) is 0 Å². The molecule has 2 aromatic rings. The van der Waals surface area contributed by atoms with Crippen LogP contribution in [0.15, 0.2) is 28.8 Å². The highest BCUT2D eigenvalue weighted by molar-refractivity contribution is 5.22. The van der Waals surface area contributed by atoms with Crippen LogP contribution >= 0.6 is 0 Å². The molecule has 2 aliphatic heterocycles. The fourth-order valence-electron chi connectivity index (χ4n) is 4.04. The summed E-state index contributed by atoms with van der Waals surface area (Å²) in [7, 11) is 0. The van der Waals surface area contributed by atoms with E-state index in [2.05, 4.69) is 44.2 Å². The fraction of sp³-hybridized carbons (Fsp3) is 0.600. The van der Waals surface area contributed by atoms with Gasteiger partial charge in [-0.25, -0.2) is 0 Å². The van der Waals surface area contributed by atoms with Gasteiger partial charge >= 0.3 is 0 Å². The van der Waals surface area contributed by atoms with Crippen molar-refractivity contribution in [2.75, 3.05) is 26.2 Å². The summed E-state index contributed by atoms with van der Waals surface area (Å²) < 4.78 is 5.34. The van der Waals surface area contributed by atoms with E-state index in [9.17, 15) is 0 Å². The summed E-state index contributed by atoms with van der Waals surface area (Å²) in [5.74, 6) is 1.93. The first-order chi connectivity index (χ1) is 12.3. The third-order valence-electron chi connectivity index (χ3n) is 5.45. The zero-order valence-electron chi connectivity index (χ0n) is 15.2. The molecule has 1 aromatic carbocycles. The molecule has 0 N–H and O–H groups in total. The highest BCUT2D eigenvalue weighted by Gasteiger charge is 2.27. The van der Waals surface area contributed by atoms with E-state index < -0.39 is 0 Å². The lowest BCUT2D eigenvalue weighted by Gasteiger charge is -2.26. The van der Waals surface area contributed by atoms with E-state index in [4.69, 9.17) is 4.52 Å². The Kier molecular flexibility index (Phi) is 5.13. The maximum atomic E-state index is 5.34. The molecule has 3 heterocycles. The Bertz CT molecular complexity index is 675. The number of benzene rings is 1. The lowest BCUT2D eigenvalue weighted by molar-refractivity contribution is 0.221. The van der Waals surface area contributed by atoms with Crippen LogP contribution in [0.4, 0.5) is 0 Å². The minimum atomic E-state index is 0.388. The van der Waals surface area contributed by atoms with Gasteiger partial charge in [0, 0.05) is 19.6 Å². The lowest BCUT2D eigenvalue weighted by atomic mass is 10.1. The summed E-state index contributed by atoms with van der Waals surface area (Å²) in [6, 6.07) is 9.20. The zero-order valence-corrected chi connectivity index (χ0v) is 15.2. The van der Waals surface area contributed by atoms with Crippen molar-refractivity contribution in [1.82, 2.24) is 19.9 Å². The summed E-state index contributed by atoms with van der Waals surface area (Å²) in [5.41, 5.74) is 2.83. The van der Waals surface area contributed by atoms with Crippen molar-refractivity contribution < 1.29 is 4.52 Å². The maximum Gasteiger partial charge on any atom is 0.231 e. The molecule has 0 spiro atoms. The molecule has 0 unspecified atom stereocenters. The molecule has 1 atom stereocenters. The van der Waals surface area contributed by atoms with Gasteiger partial charge < -0.3 is 4.52 Å². The molecule has 2 saturated heterocycles. The summed E-state index contributed by atoms with van der Waals surface area (Å²) in [5, 5.41) is 3.92. The van der Waals surface area contributed by atoms with Crippen LogP contribution in [-0.2, 0) is 13.1 Å². The van der Waals surface area contributed by atoms with E-state index in [1.54, 1.807) is 0 Å². The van der Waals surface area contributed by atoms with E-state index in [1.165, 1.54) is 43.5 Å². The summed E-state index contributed by atoms with van der Waals surface area (Å²) in [6.45, 7) is 8.61. The SMILES string of the molecule is Cc1noc([C@H]2CCN(Cc3ccc(CN4CCCCC4)cc3)C2)n1. The van der Waals surface area contributed by atoms with E-state index in [1.807, 2.05) is 6.92 Å². The number of aromatic nitrogens is 2. The minimum absolute atomic E-state index is 0.388. The van der Waals surface area contributed by atoms with E-state index in [-0.39, 0.29) is 0 Å². The Morgan fingerprint density at radius 1 is 0.960 bits per heavy atom. The highest BCUT2D eigenvalue weighted by Crippen LogP contribution is 2.27. The lowest BCUT2D eigenvalue weighted by Crippen LogP contribution is -2.29. The second-order valence-corrected chi connectivity index (χ2v) is 7.55. The van der Waals surface area contributed by atoms with Gasteiger partial charge in [0.25, 0.3) is 0 Å². The second-order valence-electron chi connectivity index (χ2n) is 7.55. The van der Waals surface area contributed by atoms with Crippen LogP contribution in [0.1, 0.15) is 54.4 Å². The monoisotopic (exact) mass is 340 g/mol. The van der Waals surface area contributed by atoms with Crippen LogP contribution in [0.2, 0.25) is 0 Å². The van der Waals surface area contributed by atoms with Crippen LogP contribution in [0.25, 0.3) is 0 Å². The first-order valence-corrected chi connectivity index (χ1v) is 9.59. The number of likely N-dealkylation sites (tertiary alicyclic amines) is 2. The molecule has 0 radical (unpaired) electrons. The van der Waals surface area contributed by atoms with Gasteiger partial charge in [-0.15, -0.1) is 0 Å². The maximum absolute atomic E-state index is 5.34. The van der Waals surface area contributed by atoms with Gasteiger partial charge in [0.1, 0.15) is 0 Å². The summed E-state index contributed by atoms with van der Waals surface area (Å²) >= 11 is 0. The Morgan fingerprint density at radius 2 is 1.64 bits per heavy atom. The normalized spacial score (nSPS) is 22.5. The summed E-state index contributed by atoms with van der Waals surface area (Å²) in [4.78, 5) is 9.46. The molecule has 4 rings (SSSR count). The molecule has 0 aliphatic carbocycles. The molecule has 25 heavy (non-hydrogen) atoms. The molecule has 5 nitrogen and oxygen atoms in total. The van der Waals surface area contributed by atoms with Crippen LogP contribution in [-0.4, -0.2) is 46.1 Å². The van der Waals surface area contributed by atoms with Gasteiger partial charge in [-0.1, -0.05) is 35.8 Å². The first-order valence-electron chi connectivity index (χ1n) is 9.59. The van der Waals surface area contributed by atoms with Gasteiger partial charge in [-0.05, 0) is 56.9 Å². The van der Waals surface area contributed by atoms with Gasteiger partial charge in [0.15, 0.2) is 5.82 Å². The minimum Gasteiger partial charge on any atom is -0.339 e. The zero-order chi connectivity index (χ0) is 17.1. The van der Waals surface area contributed by atoms with E-state index >= 15 is 0 Å². The van der Waals surface area contributed by atoms with Crippen molar-refractivity contribution in [1.29, 1.82) is 0 Å². The smallest absolute Gasteiger partial charge is 0.231 e. The quantitative estimate of drug-likeness (QED) is 0.835. The average Bonchev–Trinajstić information content (AvgIpc) is 3.27. The molecular formula is C20H28N4O. The van der Waals surface area contributed by atoms with Gasteiger partial charge in [0.05, 0.1) is 5.92 Å². The van der Waals surface area contributed by atoms with Crippen molar-refractivity contribution >= 4 is 0 Å². The molecule has 2 fully saturated rings. The van der Waals surface area contributed by atoms with Crippen LogP contribution in [0, 0.1) is 6.92 Å². The topological polar surface area (TPSA) is 45.4 Å². The molecule has 0 bridgehead atoms. The van der Waals surface area contributed by atoms with Crippen molar-refractivity contribution in [2.24, 2.45) is 0 Å². The molecule has 1 aromatic heterocycles. The largest absolute Gasteiger partial charge is 0.339 e. The number of hydrogen-bond donors (Lipinski definition) is 0. The van der Waals surface area contributed by atoms with Crippen LogP contribution in [0.3, 0.4) is 0 Å². The van der Waals surface area contributed by atoms with Gasteiger partial charge in [-0.3, -0.25) is 9.80 Å². The van der Waals surface area contributed by atoms with Gasteiger partial charge in [0.2, 0.25) is 5.89 Å². The van der Waals surface area contributed by atoms with E-state index in [0.29, 0.717) is 5.92 Å². The Labute approximate surface area is 150 Å². The molecule has 5 heteroatoms. The molecule has 134 valence electrons. The number of hydrogen-bond acceptors (Lipinski definition) is 5. The van der Waals surface area contributed by atoms with Crippen molar-refractivity contribution in [2.45, 2.75) is 51.6 Å². The fourth-order valence-corrected chi connectivity index (χ4v) is 4.04. The summed E-state index contributed by atoms with van der Waals surface area (Å²) in [6.07, 6.45) is 5.21. The Hall–Kier alpha value is -1.72. The molecule has 0 amide bonds. The van der Waals surface area contributed by atoms with Crippen molar-refractivity contribution in [3.05, 3.63) is 47.1 Å². The number of aryl methyl sites for hydroxylation is 1.